The van der Waals surface area contributed by atoms with Crippen LogP contribution in [0, 0.1) is 31.5 Å². The molecule has 1 amide bonds. The summed E-state index contributed by atoms with van der Waals surface area (Å²) in [7, 11) is 1.42. The number of aromatic nitrogens is 3. The van der Waals surface area contributed by atoms with Crippen LogP contribution in [0.3, 0.4) is 0 Å². The van der Waals surface area contributed by atoms with Crippen molar-refractivity contribution in [2.45, 2.75) is 33.1 Å². The van der Waals surface area contributed by atoms with Crippen LogP contribution in [0.1, 0.15) is 36.5 Å². The molecule has 0 saturated carbocycles. The zero-order chi connectivity index (χ0) is 26.1. The summed E-state index contributed by atoms with van der Waals surface area (Å²) >= 11 is 0. The van der Waals surface area contributed by atoms with Crippen LogP contribution in [0.15, 0.2) is 48.7 Å². The molecule has 4 aromatic rings. The van der Waals surface area contributed by atoms with Crippen molar-refractivity contribution in [2.24, 2.45) is 0 Å². The van der Waals surface area contributed by atoms with Crippen LogP contribution in [0.2, 0.25) is 0 Å². The van der Waals surface area contributed by atoms with E-state index in [9.17, 15) is 9.18 Å². The van der Waals surface area contributed by atoms with Crippen LogP contribution in [0.5, 0.6) is 17.2 Å². The van der Waals surface area contributed by atoms with Gasteiger partial charge in [0, 0.05) is 36.5 Å². The monoisotopic (exact) mass is 498 g/mol. The van der Waals surface area contributed by atoms with Gasteiger partial charge in [0.05, 0.1) is 24.0 Å². The summed E-state index contributed by atoms with van der Waals surface area (Å²) in [6, 6.07) is 12.2. The number of fused-ring (bicyclic) bond motifs is 1. The van der Waals surface area contributed by atoms with E-state index in [1.165, 1.54) is 7.11 Å². The molecule has 0 bridgehead atoms. The first kappa shape index (κ1) is 24.3. The van der Waals surface area contributed by atoms with Gasteiger partial charge < -0.3 is 14.4 Å². The van der Waals surface area contributed by atoms with Crippen molar-refractivity contribution >= 4 is 11.4 Å². The average molecular weight is 499 g/mol. The van der Waals surface area contributed by atoms with Gasteiger partial charge >= 0.3 is 0 Å². The maximum Gasteiger partial charge on any atom is 0.298 e. The van der Waals surface area contributed by atoms with Crippen LogP contribution in [-0.4, -0.2) is 45.4 Å². The minimum Gasteiger partial charge on any atom is -0.494 e. The predicted molar refractivity (Wildman–Crippen MR) is 138 cm³/mol. The molecule has 2 aromatic heterocycles. The molecule has 3 heterocycles. The number of likely N-dealkylation sites (tertiary alicyclic amines) is 1. The quantitative estimate of drug-likeness (QED) is 0.350. The number of nitrogens with zero attached hydrogens (tertiary/aromatic N) is 4. The number of carbonyl (C=O) groups is 1. The first-order chi connectivity index (χ1) is 17.9. The van der Waals surface area contributed by atoms with E-state index in [-0.39, 0.29) is 23.3 Å². The van der Waals surface area contributed by atoms with Gasteiger partial charge in [0.2, 0.25) is 5.82 Å². The van der Waals surface area contributed by atoms with Crippen molar-refractivity contribution in [3.8, 4) is 40.3 Å². The van der Waals surface area contributed by atoms with Crippen molar-refractivity contribution in [3.05, 3.63) is 71.7 Å². The molecule has 1 aliphatic heterocycles. The molecular formula is C29H27FN4O3. The molecule has 1 fully saturated rings. The zero-order valence-electron chi connectivity index (χ0n) is 21.2. The van der Waals surface area contributed by atoms with E-state index in [1.807, 2.05) is 32.2 Å². The number of amides is 1. The Balaban J connectivity index is 1.50. The highest BCUT2D eigenvalue weighted by molar-refractivity contribution is 5.93. The Morgan fingerprint density at radius 3 is 2.62 bits per heavy atom. The van der Waals surface area contributed by atoms with Gasteiger partial charge in [0.15, 0.2) is 11.5 Å². The van der Waals surface area contributed by atoms with Crippen molar-refractivity contribution in [1.29, 1.82) is 0 Å². The molecule has 0 spiro atoms. The highest BCUT2D eigenvalue weighted by atomic mass is 19.1. The molecule has 2 aromatic carbocycles. The number of hydrogen-bond donors (Lipinski definition) is 0. The van der Waals surface area contributed by atoms with Crippen LogP contribution >= 0.6 is 0 Å². The van der Waals surface area contributed by atoms with Gasteiger partial charge in [-0.05, 0) is 69.5 Å². The summed E-state index contributed by atoms with van der Waals surface area (Å²) in [6.45, 7) is 6.87. The van der Waals surface area contributed by atoms with E-state index in [2.05, 4.69) is 21.2 Å². The van der Waals surface area contributed by atoms with Gasteiger partial charge in [0.25, 0.3) is 5.91 Å². The molecule has 1 saturated heterocycles. The number of ether oxygens (including phenoxy) is 2. The number of methoxy groups -OCH3 is 1. The Bertz CT molecular complexity index is 1550. The minimum absolute atomic E-state index is 0.0861. The van der Waals surface area contributed by atoms with E-state index in [4.69, 9.17) is 14.5 Å². The number of hydrogen-bond acceptors (Lipinski definition) is 5. The first-order valence-corrected chi connectivity index (χ1v) is 12.1. The lowest BCUT2D eigenvalue weighted by atomic mass is 10.1. The second-order valence-electron chi connectivity index (χ2n) is 9.00. The second-order valence-corrected chi connectivity index (χ2v) is 9.00. The molecule has 8 heteroatoms. The fourth-order valence-corrected chi connectivity index (χ4v) is 4.79. The third kappa shape index (κ3) is 4.49. The fraction of sp³-hybridized carbons (Fsp3) is 0.276. The lowest BCUT2D eigenvalue weighted by Gasteiger charge is -2.13. The van der Waals surface area contributed by atoms with Crippen LogP contribution in [0.4, 0.5) is 4.39 Å². The van der Waals surface area contributed by atoms with E-state index < -0.39 is 5.82 Å². The normalized spacial score (nSPS) is 14.9. The number of aryl methyl sites for hydroxylation is 2. The van der Waals surface area contributed by atoms with E-state index in [1.54, 1.807) is 42.2 Å². The number of imidazole rings is 1. The molecule has 1 unspecified atom stereocenters. The molecule has 188 valence electrons. The Morgan fingerprint density at radius 1 is 1.14 bits per heavy atom. The smallest absolute Gasteiger partial charge is 0.298 e. The molecule has 5 rings (SSSR count). The maximum absolute atomic E-state index is 14.5. The highest BCUT2D eigenvalue weighted by Crippen LogP contribution is 2.36. The predicted octanol–water partition coefficient (Wildman–Crippen LogP) is 5.29. The summed E-state index contributed by atoms with van der Waals surface area (Å²) in [4.78, 5) is 23.8. The third-order valence-corrected chi connectivity index (χ3v) is 6.62. The van der Waals surface area contributed by atoms with Crippen LogP contribution in [-0.2, 0) is 4.79 Å². The second kappa shape index (κ2) is 9.94. The van der Waals surface area contributed by atoms with E-state index in [0.717, 1.165) is 40.4 Å². The van der Waals surface area contributed by atoms with Gasteiger partial charge in [-0.3, -0.25) is 14.2 Å². The van der Waals surface area contributed by atoms with Gasteiger partial charge in [-0.2, -0.15) is 4.39 Å². The summed E-state index contributed by atoms with van der Waals surface area (Å²) in [5.41, 5.74) is 4.46. The van der Waals surface area contributed by atoms with Gasteiger partial charge in [0.1, 0.15) is 11.6 Å². The lowest BCUT2D eigenvalue weighted by molar-refractivity contribution is -0.124. The van der Waals surface area contributed by atoms with Gasteiger partial charge in [-0.15, -0.1) is 0 Å². The molecule has 1 atom stereocenters. The summed E-state index contributed by atoms with van der Waals surface area (Å²) in [6.07, 6.45) is 2.66. The van der Waals surface area contributed by atoms with Gasteiger partial charge in [-0.25, -0.2) is 4.98 Å². The fourth-order valence-electron chi connectivity index (χ4n) is 4.79. The van der Waals surface area contributed by atoms with Crippen LogP contribution < -0.4 is 9.47 Å². The largest absolute Gasteiger partial charge is 0.494 e. The Labute approximate surface area is 214 Å². The summed E-state index contributed by atoms with van der Waals surface area (Å²) < 4.78 is 27.5. The molecule has 0 N–H and O–H groups in total. The van der Waals surface area contributed by atoms with Crippen molar-refractivity contribution in [3.63, 3.8) is 0 Å². The number of rotatable bonds is 5. The Hall–Kier alpha value is -4.38. The Kier molecular flexibility index (Phi) is 6.53. The standard InChI is InChI=1S/C29H27FN4O3/c1-5-7-25(35)33-15-14-21(17-33)29-32-27(28-19(3)31-16-18(2)34(28)29)20-10-12-22(13-11-20)37-24-9-6-8-23(36-4)26(24)30/h6,8-13,16,21H,14-15,17H2,1-4H3. The van der Waals surface area contributed by atoms with Gasteiger partial charge in [-0.1, -0.05) is 12.0 Å². The molecule has 0 radical (unpaired) electrons. The third-order valence-electron chi connectivity index (χ3n) is 6.62. The lowest BCUT2D eigenvalue weighted by Crippen LogP contribution is -2.27. The molecule has 1 aliphatic rings. The summed E-state index contributed by atoms with van der Waals surface area (Å²) in [5, 5.41) is 0. The van der Waals surface area contributed by atoms with Crippen molar-refractivity contribution in [1.82, 2.24) is 19.3 Å². The molecule has 37 heavy (non-hydrogen) atoms. The van der Waals surface area contributed by atoms with Crippen molar-refractivity contribution in [2.75, 3.05) is 20.2 Å². The number of benzene rings is 2. The maximum atomic E-state index is 14.5. The topological polar surface area (TPSA) is 69.0 Å². The number of carbonyl (C=O) groups excluding carboxylic acids is 1. The highest BCUT2D eigenvalue weighted by Gasteiger charge is 2.31. The zero-order valence-corrected chi connectivity index (χ0v) is 21.2. The first-order valence-electron chi connectivity index (χ1n) is 12.1. The molecule has 7 nitrogen and oxygen atoms in total. The van der Waals surface area contributed by atoms with E-state index >= 15 is 0 Å². The minimum atomic E-state index is -0.551. The SMILES string of the molecule is CC#CC(=O)N1CCC(c2nc(-c3ccc(Oc4cccc(OC)c4F)cc3)c3c(C)ncc(C)n23)C1. The molecule has 0 aliphatic carbocycles. The average Bonchev–Trinajstić information content (AvgIpc) is 3.54. The molecular weight excluding hydrogens is 471 g/mol. The van der Waals surface area contributed by atoms with Crippen LogP contribution in [0.25, 0.3) is 16.8 Å². The Morgan fingerprint density at radius 2 is 1.89 bits per heavy atom. The van der Waals surface area contributed by atoms with E-state index in [0.29, 0.717) is 18.8 Å². The van der Waals surface area contributed by atoms with Crippen molar-refractivity contribution < 1.29 is 18.7 Å². The number of halogens is 1. The summed E-state index contributed by atoms with van der Waals surface area (Å²) in [5.74, 6) is 6.33.